The molecule has 1 saturated heterocycles. The van der Waals surface area contributed by atoms with Gasteiger partial charge in [-0.1, -0.05) is 29.3 Å². The summed E-state index contributed by atoms with van der Waals surface area (Å²) in [5.74, 6) is -0.762. The Balaban J connectivity index is 2.09. The van der Waals surface area contributed by atoms with Gasteiger partial charge in [0.25, 0.3) is 0 Å². The van der Waals surface area contributed by atoms with Crippen LogP contribution < -0.4 is 0 Å². The van der Waals surface area contributed by atoms with E-state index in [0.29, 0.717) is 16.5 Å². The van der Waals surface area contributed by atoms with E-state index >= 15 is 0 Å². The summed E-state index contributed by atoms with van der Waals surface area (Å²) in [6.45, 7) is 2.82. The SMILES string of the molecule is Cc1ccsc1C(c1ccc(Cl)c(Cl)c1)N1CCCC1C(=O)O. The van der Waals surface area contributed by atoms with Crippen molar-refractivity contribution in [3.63, 3.8) is 0 Å². The van der Waals surface area contributed by atoms with Crippen LogP contribution in [0.4, 0.5) is 0 Å². The minimum atomic E-state index is -0.762. The van der Waals surface area contributed by atoms with Crippen LogP contribution in [0, 0.1) is 6.92 Å². The standard InChI is InChI=1S/C17H17Cl2NO2S/c1-10-6-8-23-16(10)15(11-4-5-12(18)13(19)9-11)20-7-2-3-14(20)17(21)22/h4-6,8-9,14-15H,2-3,7H2,1H3,(H,21,22). The number of thiophene rings is 1. The number of benzene rings is 1. The molecule has 1 aliphatic heterocycles. The fraction of sp³-hybridized carbons (Fsp3) is 0.353. The first-order valence-corrected chi connectivity index (χ1v) is 9.10. The first-order chi connectivity index (χ1) is 11.0. The van der Waals surface area contributed by atoms with Crippen molar-refractivity contribution >= 4 is 40.5 Å². The van der Waals surface area contributed by atoms with Crippen LogP contribution in [0.2, 0.25) is 10.0 Å². The lowest BCUT2D eigenvalue weighted by Crippen LogP contribution is -2.39. The van der Waals surface area contributed by atoms with E-state index < -0.39 is 12.0 Å². The van der Waals surface area contributed by atoms with Gasteiger partial charge in [0.05, 0.1) is 16.1 Å². The summed E-state index contributed by atoms with van der Waals surface area (Å²) >= 11 is 13.9. The fourth-order valence-corrected chi connectivity index (χ4v) is 4.58. The summed E-state index contributed by atoms with van der Waals surface area (Å²) in [5.41, 5.74) is 2.15. The van der Waals surface area contributed by atoms with Crippen LogP contribution in [0.25, 0.3) is 0 Å². The molecule has 1 N–H and O–H groups in total. The Morgan fingerprint density at radius 2 is 2.13 bits per heavy atom. The lowest BCUT2D eigenvalue weighted by Gasteiger charge is -2.31. The third-order valence-electron chi connectivity index (χ3n) is 4.32. The topological polar surface area (TPSA) is 40.5 Å². The van der Waals surface area contributed by atoms with E-state index in [9.17, 15) is 9.90 Å². The molecule has 122 valence electrons. The Hall–Kier alpha value is -1.07. The number of hydrogen-bond acceptors (Lipinski definition) is 3. The second-order valence-electron chi connectivity index (χ2n) is 5.78. The number of aryl methyl sites for hydroxylation is 1. The molecule has 0 amide bonds. The molecule has 0 bridgehead atoms. The Morgan fingerprint density at radius 1 is 1.35 bits per heavy atom. The number of carboxylic acids is 1. The zero-order valence-electron chi connectivity index (χ0n) is 12.6. The van der Waals surface area contributed by atoms with Gasteiger partial charge in [0.2, 0.25) is 0 Å². The Morgan fingerprint density at radius 3 is 2.74 bits per heavy atom. The van der Waals surface area contributed by atoms with E-state index in [1.54, 1.807) is 17.4 Å². The number of nitrogens with zero attached hydrogens (tertiary/aromatic N) is 1. The molecule has 1 aromatic carbocycles. The van der Waals surface area contributed by atoms with Crippen LogP contribution in [0.1, 0.15) is 34.9 Å². The smallest absolute Gasteiger partial charge is 0.320 e. The number of hydrogen-bond donors (Lipinski definition) is 1. The van der Waals surface area contributed by atoms with E-state index in [1.165, 1.54) is 5.56 Å². The number of carbonyl (C=O) groups is 1. The van der Waals surface area contributed by atoms with Crippen molar-refractivity contribution in [2.45, 2.75) is 31.8 Å². The number of aliphatic carboxylic acids is 1. The van der Waals surface area contributed by atoms with Gasteiger partial charge in [-0.2, -0.15) is 0 Å². The van der Waals surface area contributed by atoms with Crippen LogP contribution in [0.5, 0.6) is 0 Å². The fourth-order valence-electron chi connectivity index (χ4n) is 3.20. The third-order valence-corrected chi connectivity index (χ3v) is 6.13. The highest BCUT2D eigenvalue weighted by molar-refractivity contribution is 7.10. The van der Waals surface area contributed by atoms with Crippen LogP contribution >= 0.6 is 34.5 Å². The molecule has 0 saturated carbocycles. The molecule has 2 atom stereocenters. The molecule has 1 aromatic heterocycles. The maximum absolute atomic E-state index is 11.6. The van der Waals surface area contributed by atoms with Gasteiger partial charge in [-0.25, -0.2) is 0 Å². The molecule has 0 aliphatic carbocycles. The van der Waals surface area contributed by atoms with Crippen LogP contribution in [0.15, 0.2) is 29.6 Å². The summed E-state index contributed by atoms with van der Waals surface area (Å²) < 4.78 is 0. The Kier molecular flexibility index (Phi) is 4.97. The van der Waals surface area contributed by atoms with Crippen molar-refractivity contribution in [2.24, 2.45) is 0 Å². The van der Waals surface area contributed by atoms with E-state index in [-0.39, 0.29) is 6.04 Å². The second kappa shape index (κ2) is 6.81. The Bertz CT molecular complexity index is 731. The van der Waals surface area contributed by atoms with E-state index in [2.05, 4.69) is 17.9 Å². The van der Waals surface area contributed by atoms with Crippen LogP contribution in [-0.4, -0.2) is 28.6 Å². The molecular formula is C17H17Cl2NO2S. The molecule has 2 unspecified atom stereocenters. The lowest BCUT2D eigenvalue weighted by atomic mass is 10.0. The summed E-state index contributed by atoms with van der Waals surface area (Å²) in [7, 11) is 0. The van der Waals surface area contributed by atoms with Crippen LogP contribution in [0.3, 0.4) is 0 Å². The minimum absolute atomic E-state index is 0.103. The average molecular weight is 370 g/mol. The molecule has 0 spiro atoms. The molecule has 0 radical (unpaired) electrons. The highest BCUT2D eigenvalue weighted by Gasteiger charge is 2.37. The maximum atomic E-state index is 11.6. The normalized spacial score (nSPS) is 19.9. The van der Waals surface area contributed by atoms with Crippen molar-refractivity contribution in [1.82, 2.24) is 4.90 Å². The van der Waals surface area contributed by atoms with Crippen molar-refractivity contribution in [3.05, 3.63) is 55.7 Å². The molecular weight excluding hydrogens is 353 g/mol. The van der Waals surface area contributed by atoms with Gasteiger partial charge >= 0.3 is 5.97 Å². The van der Waals surface area contributed by atoms with Crippen LogP contribution in [-0.2, 0) is 4.79 Å². The zero-order chi connectivity index (χ0) is 16.6. The number of likely N-dealkylation sites (tertiary alicyclic amines) is 1. The molecule has 23 heavy (non-hydrogen) atoms. The third kappa shape index (κ3) is 3.26. The van der Waals surface area contributed by atoms with Crippen molar-refractivity contribution in [3.8, 4) is 0 Å². The first-order valence-electron chi connectivity index (χ1n) is 7.46. The van der Waals surface area contributed by atoms with E-state index in [4.69, 9.17) is 23.2 Å². The summed E-state index contributed by atoms with van der Waals surface area (Å²) in [5, 5.41) is 12.6. The van der Waals surface area contributed by atoms with Gasteiger partial charge in [-0.15, -0.1) is 11.3 Å². The minimum Gasteiger partial charge on any atom is -0.480 e. The summed E-state index contributed by atoms with van der Waals surface area (Å²) in [6.07, 6.45) is 1.57. The quantitative estimate of drug-likeness (QED) is 0.823. The molecule has 1 fully saturated rings. The van der Waals surface area contributed by atoms with Gasteiger partial charge in [-0.3, -0.25) is 9.69 Å². The highest BCUT2D eigenvalue weighted by Crippen LogP contribution is 2.40. The van der Waals surface area contributed by atoms with E-state index in [0.717, 1.165) is 23.4 Å². The number of halogens is 2. The molecule has 3 nitrogen and oxygen atoms in total. The Labute approximate surface area is 149 Å². The monoisotopic (exact) mass is 369 g/mol. The summed E-state index contributed by atoms with van der Waals surface area (Å²) in [6, 6.07) is 7.07. The molecule has 6 heteroatoms. The van der Waals surface area contributed by atoms with Gasteiger partial charge in [-0.05, 0) is 54.5 Å². The average Bonchev–Trinajstić information content (AvgIpc) is 3.13. The first kappa shape index (κ1) is 16.8. The van der Waals surface area contributed by atoms with Gasteiger partial charge in [0, 0.05) is 11.4 Å². The molecule has 1 aliphatic rings. The van der Waals surface area contributed by atoms with Crippen molar-refractivity contribution in [1.29, 1.82) is 0 Å². The predicted molar refractivity (Wildman–Crippen MR) is 94.7 cm³/mol. The zero-order valence-corrected chi connectivity index (χ0v) is 15.0. The van der Waals surface area contributed by atoms with Gasteiger partial charge in [0.1, 0.15) is 6.04 Å². The number of rotatable bonds is 4. The predicted octanol–water partition coefficient (Wildman–Crippen LogP) is 5.00. The van der Waals surface area contributed by atoms with Gasteiger partial charge < -0.3 is 5.11 Å². The molecule has 3 rings (SSSR count). The highest BCUT2D eigenvalue weighted by atomic mass is 35.5. The molecule has 2 heterocycles. The van der Waals surface area contributed by atoms with Crippen molar-refractivity contribution < 1.29 is 9.90 Å². The maximum Gasteiger partial charge on any atom is 0.320 e. The molecule has 2 aromatic rings. The van der Waals surface area contributed by atoms with E-state index in [1.807, 2.05) is 17.5 Å². The van der Waals surface area contributed by atoms with Crippen molar-refractivity contribution in [2.75, 3.05) is 6.54 Å². The number of carboxylic acid groups (broad SMARTS) is 1. The summed E-state index contributed by atoms with van der Waals surface area (Å²) in [4.78, 5) is 14.9. The largest absolute Gasteiger partial charge is 0.480 e. The second-order valence-corrected chi connectivity index (χ2v) is 7.54. The van der Waals surface area contributed by atoms with Gasteiger partial charge in [0.15, 0.2) is 0 Å². The lowest BCUT2D eigenvalue weighted by molar-refractivity contribution is -0.142.